The van der Waals surface area contributed by atoms with Crippen molar-refractivity contribution in [1.82, 2.24) is 0 Å². The summed E-state index contributed by atoms with van der Waals surface area (Å²) in [5, 5.41) is 33.7. The normalized spacial score (nSPS) is 12.8. The lowest BCUT2D eigenvalue weighted by Gasteiger charge is -2.24. The van der Waals surface area contributed by atoms with Crippen molar-refractivity contribution in [2.45, 2.75) is 59.2 Å². The summed E-state index contributed by atoms with van der Waals surface area (Å²) in [7, 11) is 0. The van der Waals surface area contributed by atoms with E-state index >= 15 is 0 Å². The van der Waals surface area contributed by atoms with E-state index in [2.05, 4.69) is 6.58 Å². The molecule has 6 nitrogen and oxygen atoms in total. The molecular weight excluding hydrogens is 264 g/mol. The molecular formula is C14H28O6. The predicted octanol–water partition coefficient (Wildman–Crippen LogP) is 1.90. The molecule has 4 N–H and O–H groups in total. The third-order valence-corrected chi connectivity index (χ3v) is 2.11. The lowest BCUT2D eigenvalue weighted by atomic mass is 9.94. The molecule has 0 amide bonds. The SMILES string of the molecule is C=CC(C)CCC(O)C(C)(C)O.CC(=O)O.CC(=O)O. The molecule has 0 heterocycles. The van der Waals surface area contributed by atoms with Crippen molar-refractivity contribution in [3.8, 4) is 0 Å². The van der Waals surface area contributed by atoms with Crippen LogP contribution in [0.4, 0.5) is 0 Å². The summed E-state index contributed by atoms with van der Waals surface area (Å²) in [5.41, 5.74) is -0.985. The van der Waals surface area contributed by atoms with Gasteiger partial charge in [0.2, 0.25) is 0 Å². The summed E-state index contributed by atoms with van der Waals surface area (Å²) in [6.07, 6.45) is 2.71. The number of aliphatic hydroxyl groups excluding tert-OH is 1. The molecule has 0 saturated carbocycles. The number of aliphatic hydroxyl groups is 2. The van der Waals surface area contributed by atoms with Gasteiger partial charge in [-0.3, -0.25) is 9.59 Å². The number of carbonyl (C=O) groups is 2. The molecule has 2 atom stereocenters. The topological polar surface area (TPSA) is 115 Å². The van der Waals surface area contributed by atoms with Gasteiger partial charge in [-0.2, -0.15) is 0 Å². The molecule has 0 aliphatic rings. The Balaban J connectivity index is -0.000000297. The first-order valence-corrected chi connectivity index (χ1v) is 6.26. The first-order chi connectivity index (χ1) is 8.84. The Kier molecular flexibility index (Phi) is 14.9. The van der Waals surface area contributed by atoms with E-state index in [0.29, 0.717) is 12.3 Å². The summed E-state index contributed by atoms with van der Waals surface area (Å²) in [4.78, 5) is 18.0. The quantitative estimate of drug-likeness (QED) is 0.575. The van der Waals surface area contributed by atoms with Crippen LogP contribution in [0.5, 0.6) is 0 Å². The van der Waals surface area contributed by atoms with E-state index in [4.69, 9.17) is 19.8 Å². The van der Waals surface area contributed by atoms with Crippen LogP contribution in [0.3, 0.4) is 0 Å². The van der Waals surface area contributed by atoms with E-state index in [9.17, 15) is 10.2 Å². The maximum atomic E-state index is 9.45. The van der Waals surface area contributed by atoms with Gasteiger partial charge >= 0.3 is 0 Å². The molecule has 0 aromatic rings. The minimum atomic E-state index is -0.985. The fraction of sp³-hybridized carbons (Fsp3) is 0.714. The van der Waals surface area contributed by atoms with E-state index < -0.39 is 23.6 Å². The maximum absolute atomic E-state index is 9.45. The van der Waals surface area contributed by atoms with Gasteiger partial charge < -0.3 is 20.4 Å². The molecule has 0 spiro atoms. The maximum Gasteiger partial charge on any atom is 0.300 e. The van der Waals surface area contributed by atoms with Crippen molar-refractivity contribution in [3.63, 3.8) is 0 Å². The zero-order chi connectivity index (χ0) is 16.9. The summed E-state index contributed by atoms with van der Waals surface area (Å²) in [6.45, 7) is 11.1. The van der Waals surface area contributed by atoms with Gasteiger partial charge in [-0.15, -0.1) is 6.58 Å². The van der Waals surface area contributed by atoms with Crippen molar-refractivity contribution in [3.05, 3.63) is 12.7 Å². The fourth-order valence-corrected chi connectivity index (χ4v) is 0.892. The third kappa shape index (κ3) is 30.0. The monoisotopic (exact) mass is 292 g/mol. The lowest BCUT2D eigenvalue weighted by Crippen LogP contribution is -2.35. The highest BCUT2D eigenvalue weighted by molar-refractivity contribution is 5.63. The molecule has 0 aliphatic carbocycles. The zero-order valence-corrected chi connectivity index (χ0v) is 13.0. The van der Waals surface area contributed by atoms with Crippen molar-refractivity contribution in [2.75, 3.05) is 0 Å². The minimum absolute atomic E-state index is 0.405. The zero-order valence-electron chi connectivity index (χ0n) is 13.0. The molecule has 6 heteroatoms. The molecule has 0 bridgehead atoms. The summed E-state index contributed by atoms with van der Waals surface area (Å²) < 4.78 is 0. The van der Waals surface area contributed by atoms with Crippen molar-refractivity contribution < 1.29 is 30.0 Å². The Morgan fingerprint density at radius 2 is 1.45 bits per heavy atom. The van der Waals surface area contributed by atoms with Crippen LogP contribution in [0, 0.1) is 5.92 Å². The van der Waals surface area contributed by atoms with Crippen LogP contribution in [0.15, 0.2) is 12.7 Å². The Bertz CT molecular complexity index is 260. The van der Waals surface area contributed by atoms with Gasteiger partial charge in [0.25, 0.3) is 11.9 Å². The van der Waals surface area contributed by atoms with Crippen molar-refractivity contribution >= 4 is 11.9 Å². The van der Waals surface area contributed by atoms with Crippen LogP contribution in [-0.4, -0.2) is 44.1 Å². The molecule has 20 heavy (non-hydrogen) atoms. The lowest BCUT2D eigenvalue weighted by molar-refractivity contribution is -0.135. The van der Waals surface area contributed by atoms with E-state index in [0.717, 1.165) is 20.3 Å². The predicted molar refractivity (Wildman–Crippen MR) is 77.5 cm³/mol. The number of hydrogen-bond donors (Lipinski definition) is 4. The van der Waals surface area contributed by atoms with Crippen molar-refractivity contribution in [2.24, 2.45) is 5.92 Å². The molecule has 0 aromatic heterocycles. The van der Waals surface area contributed by atoms with Crippen LogP contribution in [0.1, 0.15) is 47.5 Å². The molecule has 2 unspecified atom stereocenters. The van der Waals surface area contributed by atoms with E-state index in [1.54, 1.807) is 13.8 Å². The molecule has 0 rings (SSSR count). The highest BCUT2D eigenvalue weighted by Gasteiger charge is 2.23. The average molecular weight is 292 g/mol. The number of carboxylic acid groups (broad SMARTS) is 2. The van der Waals surface area contributed by atoms with Crippen LogP contribution in [0.2, 0.25) is 0 Å². The highest BCUT2D eigenvalue weighted by Crippen LogP contribution is 2.16. The smallest absolute Gasteiger partial charge is 0.300 e. The van der Waals surface area contributed by atoms with Gasteiger partial charge in [0, 0.05) is 13.8 Å². The first-order valence-electron chi connectivity index (χ1n) is 6.26. The average Bonchev–Trinajstić information content (AvgIpc) is 2.22. The van der Waals surface area contributed by atoms with E-state index in [-0.39, 0.29) is 0 Å². The van der Waals surface area contributed by atoms with Crippen LogP contribution in [-0.2, 0) is 9.59 Å². The second-order valence-corrected chi connectivity index (χ2v) is 5.00. The van der Waals surface area contributed by atoms with E-state index in [1.165, 1.54) is 0 Å². The van der Waals surface area contributed by atoms with E-state index in [1.807, 2.05) is 13.0 Å². The number of allylic oxidation sites excluding steroid dienone is 1. The Morgan fingerprint density at radius 3 is 1.65 bits per heavy atom. The molecule has 0 aromatic carbocycles. The van der Waals surface area contributed by atoms with Crippen molar-refractivity contribution in [1.29, 1.82) is 0 Å². The Hall–Kier alpha value is -1.40. The third-order valence-electron chi connectivity index (χ3n) is 2.11. The summed E-state index contributed by atoms with van der Waals surface area (Å²) >= 11 is 0. The Labute approximate surface area is 120 Å². The molecule has 0 radical (unpaired) electrons. The number of carboxylic acids is 2. The first kappa shape index (κ1) is 23.7. The van der Waals surface area contributed by atoms with Crippen LogP contribution >= 0.6 is 0 Å². The Morgan fingerprint density at radius 1 is 1.15 bits per heavy atom. The van der Waals surface area contributed by atoms with Gasteiger partial charge in [-0.25, -0.2) is 0 Å². The standard InChI is InChI=1S/C10H20O2.2C2H4O2/c1-5-8(2)6-7-9(11)10(3,4)12;2*1-2(3)4/h5,8-9,11-12H,1,6-7H2,2-4H3;2*1H3,(H,3,4). The van der Waals surface area contributed by atoms with Gasteiger partial charge in [0.1, 0.15) is 0 Å². The molecule has 0 fully saturated rings. The van der Waals surface area contributed by atoms with Gasteiger partial charge in [0.15, 0.2) is 0 Å². The van der Waals surface area contributed by atoms with Gasteiger partial charge in [-0.05, 0) is 32.6 Å². The summed E-state index contributed by atoms with van der Waals surface area (Å²) in [5.74, 6) is -1.26. The highest BCUT2D eigenvalue weighted by atomic mass is 16.4. The van der Waals surface area contributed by atoms with Crippen LogP contribution in [0.25, 0.3) is 0 Å². The second-order valence-electron chi connectivity index (χ2n) is 5.00. The minimum Gasteiger partial charge on any atom is -0.481 e. The molecule has 120 valence electrons. The summed E-state index contributed by atoms with van der Waals surface area (Å²) in [6, 6.07) is 0. The van der Waals surface area contributed by atoms with Crippen LogP contribution < -0.4 is 0 Å². The fourth-order valence-electron chi connectivity index (χ4n) is 0.892. The number of hydrogen-bond acceptors (Lipinski definition) is 4. The van der Waals surface area contributed by atoms with Gasteiger partial charge in [0.05, 0.1) is 11.7 Å². The number of aliphatic carboxylic acids is 2. The number of rotatable bonds is 5. The molecule has 0 aliphatic heterocycles. The van der Waals surface area contributed by atoms with Gasteiger partial charge in [-0.1, -0.05) is 13.0 Å². The molecule has 0 saturated heterocycles. The second kappa shape index (κ2) is 12.6. The largest absolute Gasteiger partial charge is 0.481 e.